The van der Waals surface area contributed by atoms with Crippen LogP contribution in [0.2, 0.25) is 0 Å². The van der Waals surface area contributed by atoms with E-state index in [2.05, 4.69) is 40.4 Å². The molecule has 1 aliphatic carbocycles. The number of amides is 1. The highest BCUT2D eigenvalue weighted by Crippen LogP contribution is 2.43. The number of aromatic nitrogens is 1. The number of ether oxygens (including phenoxy) is 1. The Bertz CT molecular complexity index is 715. The molecule has 0 unspecified atom stereocenters. The lowest BCUT2D eigenvalue weighted by Crippen LogP contribution is -2.18. The van der Waals surface area contributed by atoms with Crippen LogP contribution in [0, 0.1) is 13.8 Å². The van der Waals surface area contributed by atoms with Gasteiger partial charge in [-0.05, 0) is 50.3 Å². The third kappa shape index (κ3) is 5.19. The van der Waals surface area contributed by atoms with E-state index in [1.807, 2.05) is 27.0 Å². The summed E-state index contributed by atoms with van der Waals surface area (Å²) >= 11 is 0. The van der Waals surface area contributed by atoms with Crippen molar-refractivity contribution in [3.8, 4) is 5.88 Å². The minimum Gasteiger partial charge on any atom is -0.473 e. The van der Waals surface area contributed by atoms with Crippen molar-refractivity contribution < 1.29 is 9.53 Å². The van der Waals surface area contributed by atoms with E-state index in [-0.39, 0.29) is 0 Å². The van der Waals surface area contributed by atoms with E-state index >= 15 is 0 Å². The molecule has 0 bridgehead atoms. The molecule has 0 aliphatic heterocycles. The van der Waals surface area contributed by atoms with Crippen molar-refractivity contribution in [2.24, 2.45) is 5.84 Å². The number of rotatable bonds is 6. The number of nitrogens with one attached hydrogen (secondary N) is 2. The molecule has 0 saturated heterocycles. The maximum atomic E-state index is 8.94. The number of aryl methyl sites for hydroxylation is 2. The number of hydrazine groups is 1. The van der Waals surface area contributed by atoms with Crippen LogP contribution in [0.25, 0.3) is 0 Å². The lowest BCUT2D eigenvalue weighted by molar-refractivity contribution is -0.109. The lowest BCUT2D eigenvalue weighted by Gasteiger charge is -2.16. The first-order chi connectivity index (χ1) is 12.1. The van der Waals surface area contributed by atoms with Crippen molar-refractivity contribution in [1.29, 1.82) is 0 Å². The standard InChI is InChI=1S/C18H22N2O.CH4N2O/c1-12-7-8-13(2)20-18(12)21-11-16-15(14-9-10-14)5-4-6-17(16)19-3;2-3-1-4/h4-8,14,19H,9-11H2,1-3H3;1H,2H2,(H,3,4). The average Bonchev–Trinajstić information content (AvgIpc) is 3.47. The highest BCUT2D eigenvalue weighted by Gasteiger charge is 2.27. The van der Waals surface area contributed by atoms with Gasteiger partial charge < -0.3 is 10.1 Å². The highest BCUT2D eigenvalue weighted by molar-refractivity contribution is 5.56. The Morgan fingerprint density at radius 3 is 2.60 bits per heavy atom. The van der Waals surface area contributed by atoms with Gasteiger partial charge in [0.2, 0.25) is 12.3 Å². The second kappa shape index (κ2) is 9.03. The van der Waals surface area contributed by atoms with Gasteiger partial charge in [0, 0.05) is 29.6 Å². The Balaban J connectivity index is 0.000000511. The molecule has 1 heterocycles. The molecule has 1 aromatic carbocycles. The lowest BCUT2D eigenvalue weighted by atomic mass is 10.0. The first kappa shape index (κ1) is 18.7. The molecule has 1 aromatic heterocycles. The monoisotopic (exact) mass is 342 g/mol. The topological polar surface area (TPSA) is 89.3 Å². The van der Waals surface area contributed by atoms with Gasteiger partial charge >= 0.3 is 0 Å². The summed E-state index contributed by atoms with van der Waals surface area (Å²) in [4.78, 5) is 13.4. The Labute approximate surface area is 148 Å². The van der Waals surface area contributed by atoms with Crippen molar-refractivity contribution in [1.82, 2.24) is 10.4 Å². The predicted molar refractivity (Wildman–Crippen MR) is 99.4 cm³/mol. The second-order valence-corrected chi connectivity index (χ2v) is 6.05. The highest BCUT2D eigenvalue weighted by atomic mass is 16.5. The van der Waals surface area contributed by atoms with Gasteiger partial charge in [-0.3, -0.25) is 10.2 Å². The van der Waals surface area contributed by atoms with Gasteiger partial charge in [0.1, 0.15) is 6.61 Å². The normalized spacial score (nSPS) is 12.6. The number of benzene rings is 1. The summed E-state index contributed by atoms with van der Waals surface area (Å²) in [6.07, 6.45) is 2.99. The van der Waals surface area contributed by atoms with Gasteiger partial charge in [-0.2, -0.15) is 0 Å². The number of nitrogens with two attached hydrogens (primary N) is 1. The van der Waals surface area contributed by atoms with E-state index in [0.29, 0.717) is 18.9 Å². The van der Waals surface area contributed by atoms with Crippen LogP contribution in [0.1, 0.15) is 41.1 Å². The Hall–Kier alpha value is -2.60. The van der Waals surface area contributed by atoms with E-state index in [4.69, 9.17) is 9.53 Å². The van der Waals surface area contributed by atoms with E-state index in [1.54, 1.807) is 5.43 Å². The number of carbonyl (C=O) groups excluding carboxylic acids is 1. The molecule has 25 heavy (non-hydrogen) atoms. The van der Waals surface area contributed by atoms with Gasteiger partial charge in [-0.25, -0.2) is 10.8 Å². The average molecular weight is 342 g/mol. The fourth-order valence-electron chi connectivity index (χ4n) is 2.67. The van der Waals surface area contributed by atoms with Crippen molar-refractivity contribution in [3.63, 3.8) is 0 Å². The summed E-state index contributed by atoms with van der Waals surface area (Å²) in [7, 11) is 1.96. The van der Waals surface area contributed by atoms with Crippen LogP contribution in [0.3, 0.4) is 0 Å². The van der Waals surface area contributed by atoms with Crippen LogP contribution in [-0.4, -0.2) is 18.4 Å². The quantitative estimate of drug-likeness (QED) is 0.325. The minimum atomic E-state index is 0.403. The second-order valence-electron chi connectivity index (χ2n) is 6.05. The maximum Gasteiger partial charge on any atom is 0.221 e. The van der Waals surface area contributed by atoms with Crippen LogP contribution in [0.15, 0.2) is 30.3 Å². The molecular weight excluding hydrogens is 316 g/mol. The molecule has 1 aliphatic rings. The van der Waals surface area contributed by atoms with E-state index < -0.39 is 0 Å². The smallest absolute Gasteiger partial charge is 0.221 e. The molecule has 0 spiro atoms. The molecule has 0 atom stereocenters. The number of carbonyl (C=O) groups is 1. The third-order valence-electron chi connectivity index (χ3n) is 4.11. The van der Waals surface area contributed by atoms with Gasteiger partial charge in [-0.15, -0.1) is 0 Å². The van der Waals surface area contributed by atoms with Gasteiger partial charge in [0.25, 0.3) is 0 Å². The molecular formula is C19H26N4O2. The van der Waals surface area contributed by atoms with Gasteiger partial charge in [-0.1, -0.05) is 18.2 Å². The first-order valence-corrected chi connectivity index (χ1v) is 8.37. The van der Waals surface area contributed by atoms with Crippen molar-refractivity contribution >= 4 is 12.1 Å². The summed E-state index contributed by atoms with van der Waals surface area (Å²) in [5.74, 6) is 5.86. The van der Waals surface area contributed by atoms with Crippen LogP contribution >= 0.6 is 0 Å². The summed E-state index contributed by atoms with van der Waals surface area (Å²) in [5, 5.41) is 3.28. The summed E-state index contributed by atoms with van der Waals surface area (Å²) in [6.45, 7) is 4.59. The Morgan fingerprint density at radius 2 is 2.00 bits per heavy atom. The number of hydrogen-bond acceptors (Lipinski definition) is 5. The number of pyridine rings is 1. The first-order valence-electron chi connectivity index (χ1n) is 8.37. The van der Waals surface area contributed by atoms with Crippen molar-refractivity contribution in [2.45, 2.75) is 39.2 Å². The molecule has 6 heteroatoms. The van der Waals surface area contributed by atoms with Crippen LogP contribution in [0.5, 0.6) is 5.88 Å². The minimum absolute atomic E-state index is 0.403. The van der Waals surface area contributed by atoms with E-state index in [9.17, 15) is 0 Å². The number of nitrogens with zero attached hydrogens (tertiary/aromatic N) is 1. The van der Waals surface area contributed by atoms with Crippen LogP contribution in [0.4, 0.5) is 5.69 Å². The van der Waals surface area contributed by atoms with Gasteiger partial charge in [0.15, 0.2) is 0 Å². The Kier molecular flexibility index (Phi) is 6.77. The van der Waals surface area contributed by atoms with Crippen molar-refractivity contribution in [3.05, 3.63) is 52.7 Å². The van der Waals surface area contributed by atoms with Crippen molar-refractivity contribution in [2.75, 3.05) is 12.4 Å². The SMILES string of the molecule is CNc1cccc(C2CC2)c1COc1nc(C)ccc1C.NNC=O. The molecule has 1 fully saturated rings. The molecule has 134 valence electrons. The predicted octanol–water partition coefficient (Wildman–Crippen LogP) is 2.80. The van der Waals surface area contributed by atoms with Crippen LogP contribution < -0.4 is 21.3 Å². The summed E-state index contributed by atoms with van der Waals surface area (Å²) in [5.41, 5.74) is 7.66. The summed E-state index contributed by atoms with van der Waals surface area (Å²) < 4.78 is 6.01. The molecule has 3 rings (SSSR count). The van der Waals surface area contributed by atoms with Gasteiger partial charge in [0.05, 0.1) is 0 Å². The zero-order valence-corrected chi connectivity index (χ0v) is 15.0. The fourth-order valence-corrected chi connectivity index (χ4v) is 2.67. The van der Waals surface area contributed by atoms with E-state index in [1.165, 1.54) is 24.0 Å². The number of anilines is 1. The third-order valence-corrected chi connectivity index (χ3v) is 4.11. The molecule has 1 saturated carbocycles. The van der Waals surface area contributed by atoms with E-state index in [0.717, 1.165) is 22.8 Å². The Morgan fingerprint density at radius 1 is 1.28 bits per heavy atom. The number of hydrogen-bond donors (Lipinski definition) is 3. The molecule has 0 radical (unpaired) electrons. The molecule has 1 amide bonds. The molecule has 4 N–H and O–H groups in total. The molecule has 6 nitrogen and oxygen atoms in total. The zero-order valence-electron chi connectivity index (χ0n) is 15.0. The fraction of sp³-hybridized carbons (Fsp3) is 0.368. The maximum absolute atomic E-state index is 8.94. The zero-order chi connectivity index (χ0) is 18.2. The van der Waals surface area contributed by atoms with Crippen LogP contribution in [-0.2, 0) is 11.4 Å². The molecule has 2 aromatic rings. The summed E-state index contributed by atoms with van der Waals surface area (Å²) in [6, 6.07) is 10.5. The largest absolute Gasteiger partial charge is 0.473 e.